The van der Waals surface area contributed by atoms with Gasteiger partial charge in [0.1, 0.15) is 0 Å². The van der Waals surface area contributed by atoms with Crippen molar-refractivity contribution in [1.82, 2.24) is 9.97 Å². The molecule has 1 aromatic heterocycles. The van der Waals surface area contributed by atoms with Crippen molar-refractivity contribution in [2.75, 3.05) is 0 Å². The van der Waals surface area contributed by atoms with E-state index in [1.807, 2.05) is 0 Å². The molecule has 10 aromatic rings. The molecule has 1 aliphatic rings. The van der Waals surface area contributed by atoms with Crippen LogP contribution in [0.15, 0.2) is 218 Å². The van der Waals surface area contributed by atoms with Gasteiger partial charge in [0.15, 0.2) is 5.82 Å². The van der Waals surface area contributed by atoms with Gasteiger partial charge in [0.05, 0.1) is 11.4 Å². The van der Waals surface area contributed by atoms with Crippen LogP contribution in [-0.2, 0) is 5.41 Å². The fourth-order valence-corrected chi connectivity index (χ4v) is 9.24. The summed E-state index contributed by atoms with van der Waals surface area (Å²) in [5.74, 6) is 0.690. The Morgan fingerprint density at radius 3 is 1.33 bits per heavy atom. The van der Waals surface area contributed by atoms with Gasteiger partial charge < -0.3 is 0 Å². The van der Waals surface area contributed by atoms with E-state index in [9.17, 15) is 0 Å². The van der Waals surface area contributed by atoms with Gasteiger partial charge >= 0.3 is 0 Å². The number of nitrogens with zero attached hydrogens (tertiary/aromatic N) is 2. The van der Waals surface area contributed by atoms with Crippen LogP contribution in [0.2, 0.25) is 0 Å². The van der Waals surface area contributed by atoms with Crippen LogP contribution in [0.25, 0.3) is 100 Å². The van der Waals surface area contributed by atoms with Gasteiger partial charge in [0.2, 0.25) is 0 Å². The zero-order chi connectivity index (χ0) is 40.9. The minimum Gasteiger partial charge on any atom is -0.228 e. The third-order valence-corrected chi connectivity index (χ3v) is 12.5. The lowest BCUT2D eigenvalue weighted by molar-refractivity contribution is 0.661. The van der Waals surface area contributed by atoms with Gasteiger partial charge in [-0.3, -0.25) is 0 Å². The Bertz CT molecular complexity index is 3150. The molecule has 1 aliphatic carbocycles. The normalized spacial score (nSPS) is 12.6. The SMILES string of the molecule is CC1(C)c2cc3ccccc3cc2-c2c(-c3ccc(-c4cccc(-c5nc(-c6cccc(-c7ccccc7)c6)cc(-c6cccc(-c7ccccc7)c6)n5)c4)cc3)cccc21. The molecule has 11 rings (SSSR count). The van der Waals surface area contributed by atoms with Gasteiger partial charge in [-0.05, 0) is 114 Å². The Balaban J connectivity index is 0.981. The fraction of sp³-hybridized carbons (Fsp3) is 0.0508. The van der Waals surface area contributed by atoms with Crippen LogP contribution in [-0.4, -0.2) is 9.97 Å². The van der Waals surface area contributed by atoms with Gasteiger partial charge in [-0.25, -0.2) is 9.97 Å². The van der Waals surface area contributed by atoms with Crippen LogP contribution in [0.4, 0.5) is 0 Å². The van der Waals surface area contributed by atoms with Crippen molar-refractivity contribution in [1.29, 1.82) is 0 Å². The molecule has 61 heavy (non-hydrogen) atoms. The molecule has 0 aliphatic heterocycles. The summed E-state index contributed by atoms with van der Waals surface area (Å²) in [5.41, 5.74) is 19.6. The molecule has 2 nitrogen and oxygen atoms in total. The topological polar surface area (TPSA) is 25.8 Å². The minimum atomic E-state index is -0.0836. The van der Waals surface area contributed by atoms with Crippen LogP contribution in [0.3, 0.4) is 0 Å². The van der Waals surface area contributed by atoms with Gasteiger partial charge in [0.25, 0.3) is 0 Å². The largest absolute Gasteiger partial charge is 0.228 e. The Hall–Kier alpha value is -7.68. The Kier molecular flexibility index (Phi) is 8.86. The molecule has 0 radical (unpaired) electrons. The van der Waals surface area contributed by atoms with E-state index in [4.69, 9.17) is 9.97 Å². The number of fused-ring (bicyclic) bond motifs is 4. The van der Waals surface area contributed by atoms with E-state index < -0.39 is 0 Å². The lowest BCUT2D eigenvalue weighted by Gasteiger charge is -2.22. The van der Waals surface area contributed by atoms with Crippen molar-refractivity contribution in [2.24, 2.45) is 0 Å². The van der Waals surface area contributed by atoms with Gasteiger partial charge in [-0.15, -0.1) is 0 Å². The molecule has 288 valence electrons. The van der Waals surface area contributed by atoms with Crippen molar-refractivity contribution < 1.29 is 0 Å². The predicted octanol–water partition coefficient (Wildman–Crippen LogP) is 15.6. The molecule has 9 aromatic carbocycles. The zero-order valence-corrected chi connectivity index (χ0v) is 34.2. The van der Waals surface area contributed by atoms with Crippen molar-refractivity contribution >= 4 is 10.8 Å². The first kappa shape index (κ1) is 36.4. The maximum absolute atomic E-state index is 5.27. The van der Waals surface area contributed by atoms with E-state index in [1.54, 1.807) is 0 Å². The summed E-state index contributed by atoms with van der Waals surface area (Å²) in [7, 11) is 0. The number of hydrogen-bond acceptors (Lipinski definition) is 2. The van der Waals surface area contributed by atoms with Crippen molar-refractivity contribution in [2.45, 2.75) is 19.3 Å². The van der Waals surface area contributed by atoms with E-state index in [0.29, 0.717) is 5.82 Å². The number of hydrogen-bond donors (Lipinski definition) is 0. The third-order valence-electron chi connectivity index (χ3n) is 12.5. The average Bonchev–Trinajstić information content (AvgIpc) is 3.56. The molecule has 1 heterocycles. The molecular weight excluding hydrogens is 737 g/mol. The highest BCUT2D eigenvalue weighted by Crippen LogP contribution is 2.53. The lowest BCUT2D eigenvalue weighted by Crippen LogP contribution is -2.14. The quantitative estimate of drug-likeness (QED) is 0.161. The summed E-state index contributed by atoms with van der Waals surface area (Å²) in [6.45, 7) is 4.72. The van der Waals surface area contributed by atoms with E-state index in [1.165, 1.54) is 55.3 Å². The smallest absolute Gasteiger partial charge is 0.160 e. The van der Waals surface area contributed by atoms with Gasteiger partial charge in [0, 0.05) is 22.1 Å². The first-order valence-corrected chi connectivity index (χ1v) is 21.1. The molecule has 0 spiro atoms. The summed E-state index contributed by atoms with van der Waals surface area (Å²) in [4.78, 5) is 10.5. The Labute approximate surface area is 357 Å². The van der Waals surface area contributed by atoms with Crippen LogP contribution in [0, 0.1) is 0 Å². The van der Waals surface area contributed by atoms with E-state index in [0.717, 1.165) is 50.3 Å². The maximum atomic E-state index is 5.27. The number of aromatic nitrogens is 2. The third kappa shape index (κ3) is 6.63. The summed E-state index contributed by atoms with van der Waals surface area (Å²) >= 11 is 0. The Morgan fingerprint density at radius 2 is 0.738 bits per heavy atom. The molecule has 0 amide bonds. The highest BCUT2D eigenvalue weighted by molar-refractivity contribution is 5.98. The first-order chi connectivity index (χ1) is 30.0. The number of rotatable bonds is 7. The summed E-state index contributed by atoms with van der Waals surface area (Å²) in [5, 5.41) is 2.57. The van der Waals surface area contributed by atoms with Crippen LogP contribution >= 0.6 is 0 Å². The second-order valence-electron chi connectivity index (χ2n) is 16.6. The van der Waals surface area contributed by atoms with Gasteiger partial charge in [-0.1, -0.05) is 196 Å². The summed E-state index contributed by atoms with van der Waals surface area (Å²) < 4.78 is 0. The maximum Gasteiger partial charge on any atom is 0.160 e. The monoisotopic (exact) mass is 778 g/mol. The van der Waals surface area contributed by atoms with E-state index in [2.05, 4.69) is 232 Å². The van der Waals surface area contributed by atoms with E-state index in [-0.39, 0.29) is 5.41 Å². The second-order valence-corrected chi connectivity index (χ2v) is 16.6. The van der Waals surface area contributed by atoms with Gasteiger partial charge in [-0.2, -0.15) is 0 Å². The van der Waals surface area contributed by atoms with Crippen molar-refractivity contribution in [3.63, 3.8) is 0 Å². The average molecular weight is 779 g/mol. The first-order valence-electron chi connectivity index (χ1n) is 21.1. The molecule has 0 unspecified atom stereocenters. The molecule has 0 saturated heterocycles. The summed E-state index contributed by atoms with van der Waals surface area (Å²) in [6.07, 6.45) is 0. The zero-order valence-electron chi connectivity index (χ0n) is 34.2. The highest BCUT2D eigenvalue weighted by Gasteiger charge is 2.37. The lowest BCUT2D eigenvalue weighted by atomic mass is 9.81. The van der Waals surface area contributed by atoms with Crippen LogP contribution in [0.1, 0.15) is 25.0 Å². The highest BCUT2D eigenvalue weighted by atomic mass is 14.9. The molecule has 0 N–H and O–H groups in total. The molecule has 0 fully saturated rings. The number of benzene rings is 9. The molecule has 0 atom stereocenters. The molecule has 2 heteroatoms. The molecular formula is C59H42N2. The summed E-state index contributed by atoms with van der Waals surface area (Å²) in [6, 6.07) is 78.5. The van der Waals surface area contributed by atoms with Crippen molar-refractivity contribution in [3.8, 4) is 89.5 Å². The predicted molar refractivity (Wildman–Crippen MR) is 255 cm³/mol. The fourth-order valence-electron chi connectivity index (χ4n) is 9.24. The standard InChI is InChI=1S/C59H42N2/c1-59(2)53-28-14-27-51(57(53)52-36-46-19-9-10-20-47(46)37-54(52)59)42-31-29-41(30-32-42)45-23-13-26-50(35-45)58-60-55(48-24-11-21-43(33-48)39-15-5-3-6-16-39)38-56(61-58)49-25-12-22-44(34-49)40-17-7-4-8-18-40/h3-38H,1-2H3. The molecule has 0 bridgehead atoms. The molecule has 0 saturated carbocycles. The van der Waals surface area contributed by atoms with E-state index >= 15 is 0 Å². The minimum absolute atomic E-state index is 0.0836. The van der Waals surface area contributed by atoms with Crippen molar-refractivity contribution in [3.05, 3.63) is 230 Å². The second kappa shape index (κ2) is 14.9. The Morgan fingerprint density at radius 1 is 0.295 bits per heavy atom. The van der Waals surface area contributed by atoms with Crippen LogP contribution < -0.4 is 0 Å². The van der Waals surface area contributed by atoms with Crippen LogP contribution in [0.5, 0.6) is 0 Å².